The summed E-state index contributed by atoms with van der Waals surface area (Å²) >= 11 is 2.84. The number of carbonyl (C=O) groups excluding carboxylic acids is 2. The molecule has 1 aromatic carbocycles. The first-order valence-corrected chi connectivity index (χ1v) is 12.3. The third-order valence-electron chi connectivity index (χ3n) is 5.35. The van der Waals surface area contributed by atoms with Crippen LogP contribution in [0.15, 0.2) is 40.3 Å². The van der Waals surface area contributed by atoms with E-state index in [2.05, 4.69) is 20.6 Å². The van der Waals surface area contributed by atoms with Gasteiger partial charge < -0.3 is 15.5 Å². The van der Waals surface area contributed by atoms with Gasteiger partial charge in [-0.15, -0.1) is 11.8 Å². The number of thioether (sulfide) groups is 1. The number of piperidine rings is 1. The highest BCUT2D eigenvalue weighted by atomic mass is 32.2. The maximum absolute atomic E-state index is 13.0. The van der Waals surface area contributed by atoms with Crippen LogP contribution in [-0.4, -0.2) is 52.7 Å². The molecule has 0 radical (unpaired) electrons. The van der Waals surface area contributed by atoms with Gasteiger partial charge in [-0.05, 0) is 37.3 Å². The number of hydrogen-bond acceptors (Lipinski definition) is 8. The monoisotopic (exact) mass is 472 g/mol. The highest BCUT2D eigenvalue weighted by Gasteiger charge is 2.27. The van der Waals surface area contributed by atoms with E-state index < -0.39 is 0 Å². The second-order valence-corrected chi connectivity index (χ2v) is 9.36. The fourth-order valence-electron chi connectivity index (χ4n) is 3.71. The zero-order valence-corrected chi connectivity index (χ0v) is 19.5. The van der Waals surface area contributed by atoms with Crippen LogP contribution in [0.5, 0.6) is 0 Å². The van der Waals surface area contributed by atoms with Crippen molar-refractivity contribution in [1.82, 2.24) is 19.9 Å². The number of anilines is 2. The molecule has 0 spiro atoms. The number of carbonyl (C=O) groups is 2. The van der Waals surface area contributed by atoms with Crippen LogP contribution in [0.1, 0.15) is 12.8 Å². The molecule has 11 heteroatoms. The third-order valence-corrected chi connectivity index (χ3v) is 7.17. The Balaban J connectivity index is 1.51. The van der Waals surface area contributed by atoms with Crippen LogP contribution in [0.4, 0.5) is 10.8 Å². The summed E-state index contributed by atoms with van der Waals surface area (Å²) in [4.78, 5) is 49.3. The SMILES string of the molecule is CNC(=O)[C@H]1CCCN(c2nc3ncn(CC(=O)Nc4cccc(SC)c4)c(=O)c3s2)C1. The van der Waals surface area contributed by atoms with E-state index in [4.69, 9.17) is 0 Å². The lowest BCUT2D eigenvalue weighted by Crippen LogP contribution is -2.42. The Morgan fingerprint density at radius 1 is 1.34 bits per heavy atom. The summed E-state index contributed by atoms with van der Waals surface area (Å²) in [6.07, 6.45) is 5.04. The lowest BCUT2D eigenvalue weighted by atomic mass is 9.98. The van der Waals surface area contributed by atoms with Crippen LogP contribution < -0.4 is 21.1 Å². The van der Waals surface area contributed by atoms with E-state index in [1.807, 2.05) is 35.4 Å². The zero-order valence-electron chi connectivity index (χ0n) is 17.8. The molecule has 168 valence electrons. The predicted octanol–water partition coefficient (Wildman–Crippen LogP) is 2.18. The summed E-state index contributed by atoms with van der Waals surface area (Å²) in [7, 11) is 1.64. The van der Waals surface area contributed by atoms with Crippen LogP contribution >= 0.6 is 23.1 Å². The molecule has 1 fully saturated rings. The number of nitrogens with one attached hydrogen (secondary N) is 2. The van der Waals surface area contributed by atoms with Crippen molar-refractivity contribution in [1.29, 1.82) is 0 Å². The average molecular weight is 473 g/mol. The van der Waals surface area contributed by atoms with Gasteiger partial charge >= 0.3 is 0 Å². The highest BCUT2D eigenvalue weighted by molar-refractivity contribution is 7.98. The summed E-state index contributed by atoms with van der Waals surface area (Å²) in [6, 6.07) is 7.52. The van der Waals surface area contributed by atoms with E-state index in [-0.39, 0.29) is 29.8 Å². The Morgan fingerprint density at radius 3 is 2.97 bits per heavy atom. The number of aromatic nitrogens is 3. The summed E-state index contributed by atoms with van der Waals surface area (Å²) in [5.74, 6) is -0.384. The van der Waals surface area contributed by atoms with Crippen molar-refractivity contribution in [3.8, 4) is 0 Å². The molecule has 4 rings (SSSR count). The second-order valence-electron chi connectivity index (χ2n) is 7.51. The Labute approximate surface area is 193 Å². The Bertz CT molecular complexity index is 1210. The first-order valence-electron chi connectivity index (χ1n) is 10.2. The number of thiazole rings is 1. The lowest BCUT2D eigenvalue weighted by molar-refractivity contribution is -0.124. The largest absolute Gasteiger partial charge is 0.359 e. The standard InChI is InChI=1S/C21H24N6O3S2/c1-22-19(29)13-5-4-8-26(10-13)21-25-18-17(32-21)20(30)27(12-23-18)11-16(28)24-14-6-3-7-15(9-14)31-2/h3,6-7,9,12-13H,4-5,8,10-11H2,1-2H3,(H,22,29)(H,24,28)/t13-/m0/s1. The van der Waals surface area contributed by atoms with Gasteiger partial charge in [0.25, 0.3) is 5.56 Å². The number of hydrogen-bond donors (Lipinski definition) is 2. The van der Waals surface area contributed by atoms with Crippen molar-refractivity contribution in [3.63, 3.8) is 0 Å². The minimum absolute atomic E-state index is 0.0189. The molecular weight excluding hydrogens is 448 g/mol. The quantitative estimate of drug-likeness (QED) is 0.529. The van der Waals surface area contributed by atoms with Gasteiger partial charge in [0.05, 0.1) is 5.92 Å². The molecule has 0 bridgehead atoms. The van der Waals surface area contributed by atoms with Crippen LogP contribution in [0.2, 0.25) is 0 Å². The molecule has 0 aliphatic carbocycles. The van der Waals surface area contributed by atoms with Gasteiger partial charge in [-0.2, -0.15) is 4.98 Å². The van der Waals surface area contributed by atoms with E-state index in [0.29, 0.717) is 27.7 Å². The van der Waals surface area contributed by atoms with E-state index in [9.17, 15) is 14.4 Å². The molecule has 32 heavy (non-hydrogen) atoms. The average Bonchev–Trinajstić information content (AvgIpc) is 3.26. The lowest BCUT2D eigenvalue weighted by Gasteiger charge is -2.31. The van der Waals surface area contributed by atoms with Crippen LogP contribution in [0, 0.1) is 5.92 Å². The molecule has 2 amide bonds. The first kappa shape index (κ1) is 22.3. The van der Waals surface area contributed by atoms with Gasteiger partial charge in [0, 0.05) is 30.7 Å². The van der Waals surface area contributed by atoms with E-state index >= 15 is 0 Å². The van der Waals surface area contributed by atoms with Gasteiger partial charge in [0.2, 0.25) is 11.8 Å². The summed E-state index contributed by atoms with van der Waals surface area (Å²) < 4.78 is 1.70. The van der Waals surface area contributed by atoms with Gasteiger partial charge in [-0.25, -0.2) is 4.98 Å². The molecule has 2 N–H and O–H groups in total. The van der Waals surface area contributed by atoms with Gasteiger partial charge in [-0.3, -0.25) is 19.0 Å². The van der Waals surface area contributed by atoms with Gasteiger partial charge in [0.1, 0.15) is 17.6 Å². The van der Waals surface area contributed by atoms with Crippen LogP contribution in [-0.2, 0) is 16.1 Å². The van der Waals surface area contributed by atoms with E-state index in [1.165, 1.54) is 22.2 Å². The molecule has 1 atom stereocenters. The van der Waals surface area contributed by atoms with Crippen molar-refractivity contribution in [2.45, 2.75) is 24.3 Å². The molecule has 1 aliphatic heterocycles. The highest BCUT2D eigenvalue weighted by Crippen LogP contribution is 2.29. The van der Waals surface area contributed by atoms with Gasteiger partial charge in [-0.1, -0.05) is 17.4 Å². The van der Waals surface area contributed by atoms with Gasteiger partial charge in [0.15, 0.2) is 10.8 Å². The molecule has 9 nitrogen and oxygen atoms in total. The molecule has 2 aromatic heterocycles. The number of fused-ring (bicyclic) bond motifs is 1. The van der Waals surface area contributed by atoms with E-state index in [0.717, 1.165) is 24.3 Å². The Kier molecular flexibility index (Phi) is 6.75. The van der Waals surface area contributed by atoms with Crippen molar-refractivity contribution in [2.75, 3.05) is 36.6 Å². The zero-order chi connectivity index (χ0) is 22.7. The molecule has 1 aliphatic rings. The molecule has 0 unspecified atom stereocenters. The smallest absolute Gasteiger partial charge is 0.273 e. The fraction of sp³-hybridized carbons (Fsp3) is 0.381. The van der Waals surface area contributed by atoms with Crippen molar-refractivity contribution in [3.05, 3.63) is 40.9 Å². The minimum atomic E-state index is -0.305. The number of rotatable bonds is 6. The fourth-order valence-corrected chi connectivity index (χ4v) is 5.17. The van der Waals surface area contributed by atoms with Crippen LogP contribution in [0.3, 0.4) is 0 Å². The summed E-state index contributed by atoms with van der Waals surface area (Å²) in [6.45, 7) is 1.20. The maximum Gasteiger partial charge on any atom is 0.273 e. The number of nitrogens with zero attached hydrogens (tertiary/aromatic N) is 4. The van der Waals surface area contributed by atoms with E-state index in [1.54, 1.807) is 18.8 Å². The third kappa shape index (κ3) is 4.78. The molecule has 1 saturated heterocycles. The normalized spacial score (nSPS) is 16.2. The number of benzene rings is 1. The van der Waals surface area contributed by atoms with Crippen LogP contribution in [0.25, 0.3) is 10.3 Å². The van der Waals surface area contributed by atoms with Crippen molar-refractivity contribution in [2.24, 2.45) is 5.92 Å². The summed E-state index contributed by atoms with van der Waals surface area (Å²) in [5, 5.41) is 6.20. The molecule has 3 heterocycles. The molecule has 0 saturated carbocycles. The summed E-state index contributed by atoms with van der Waals surface area (Å²) in [5.41, 5.74) is 0.743. The molecule has 3 aromatic rings. The predicted molar refractivity (Wildman–Crippen MR) is 128 cm³/mol. The van der Waals surface area contributed by atoms with Crippen molar-refractivity contribution < 1.29 is 9.59 Å². The first-order chi connectivity index (χ1) is 15.5. The maximum atomic E-state index is 13.0. The van der Waals surface area contributed by atoms with Crippen molar-refractivity contribution >= 4 is 56.1 Å². The number of amides is 2. The molecular formula is C21H24N6O3S2. The second kappa shape index (κ2) is 9.70. The minimum Gasteiger partial charge on any atom is -0.359 e. The topological polar surface area (TPSA) is 109 Å². The Morgan fingerprint density at radius 2 is 2.19 bits per heavy atom. The Hall–Kier alpha value is -2.92.